The minimum atomic E-state index is 0. The van der Waals surface area contributed by atoms with Crippen LogP contribution < -0.4 is 5.73 Å². The maximum Gasteiger partial charge on any atom is 0.239 e. The Bertz CT molecular complexity index is 246. The van der Waals surface area contributed by atoms with Crippen molar-refractivity contribution < 1.29 is 0 Å². The number of rotatable bonds is 1. The number of nitrogens with one attached hydrogen (secondary N) is 1. The van der Waals surface area contributed by atoms with Gasteiger partial charge < -0.3 is 5.73 Å². The van der Waals surface area contributed by atoms with Crippen molar-refractivity contribution in [3.8, 4) is 0 Å². The third-order valence-electron chi connectivity index (χ3n) is 0.630. The standard InChI is InChI=1S/C2H3N7.ClH/c3-1-5-2(7-6-1)8-9-4;/h(H3,3,5,6,7);1H. The summed E-state index contributed by atoms with van der Waals surface area (Å²) in [7, 11) is 0. The highest BCUT2D eigenvalue weighted by Crippen LogP contribution is 2.02. The van der Waals surface area contributed by atoms with Crippen LogP contribution in [0.2, 0.25) is 0 Å². The number of nitrogen functional groups attached to an aromatic ring is 1. The lowest BCUT2D eigenvalue weighted by Gasteiger charge is -1.70. The molecule has 1 rings (SSSR count). The lowest BCUT2D eigenvalue weighted by Crippen LogP contribution is -1.84. The third kappa shape index (κ3) is 1.81. The van der Waals surface area contributed by atoms with E-state index in [9.17, 15) is 0 Å². The van der Waals surface area contributed by atoms with Crippen molar-refractivity contribution in [3.63, 3.8) is 0 Å². The summed E-state index contributed by atoms with van der Waals surface area (Å²) in [6.45, 7) is 0. The number of hydrogen-bond acceptors (Lipinski definition) is 4. The average molecular weight is 162 g/mol. The lowest BCUT2D eigenvalue weighted by molar-refractivity contribution is 1.08. The van der Waals surface area contributed by atoms with Crippen LogP contribution in [0.15, 0.2) is 5.11 Å². The van der Waals surface area contributed by atoms with Crippen LogP contribution in [0.5, 0.6) is 0 Å². The Labute approximate surface area is 61.7 Å². The highest BCUT2D eigenvalue weighted by molar-refractivity contribution is 5.85. The molecule has 0 spiro atoms. The lowest BCUT2D eigenvalue weighted by atomic mass is 11.0. The molecule has 1 aromatic rings. The Morgan fingerprint density at radius 1 is 1.70 bits per heavy atom. The summed E-state index contributed by atoms with van der Waals surface area (Å²) >= 11 is 0. The van der Waals surface area contributed by atoms with Crippen LogP contribution in [0, 0.1) is 0 Å². The van der Waals surface area contributed by atoms with E-state index in [2.05, 4.69) is 25.2 Å². The summed E-state index contributed by atoms with van der Waals surface area (Å²) in [4.78, 5) is 5.95. The molecule has 0 saturated heterocycles. The summed E-state index contributed by atoms with van der Waals surface area (Å²) in [6.07, 6.45) is 0. The number of aromatic nitrogens is 3. The first-order chi connectivity index (χ1) is 4.33. The summed E-state index contributed by atoms with van der Waals surface area (Å²) in [5, 5.41) is 8.81. The second-order valence-electron chi connectivity index (χ2n) is 1.21. The molecule has 0 aliphatic rings. The zero-order valence-corrected chi connectivity index (χ0v) is 5.54. The van der Waals surface area contributed by atoms with Crippen molar-refractivity contribution in [3.05, 3.63) is 10.4 Å². The van der Waals surface area contributed by atoms with Crippen LogP contribution in [0.25, 0.3) is 10.4 Å². The van der Waals surface area contributed by atoms with Gasteiger partial charge in [-0.05, 0) is 10.6 Å². The molecule has 0 aliphatic heterocycles. The van der Waals surface area contributed by atoms with E-state index in [0.717, 1.165) is 0 Å². The van der Waals surface area contributed by atoms with E-state index in [1.54, 1.807) is 0 Å². The normalized spacial score (nSPS) is 7.60. The number of hydrogen-bond donors (Lipinski definition) is 2. The van der Waals surface area contributed by atoms with Gasteiger partial charge in [-0.15, -0.1) is 17.5 Å². The summed E-state index contributed by atoms with van der Waals surface area (Å²) in [5.41, 5.74) is 12.9. The molecule has 10 heavy (non-hydrogen) atoms. The first kappa shape index (κ1) is 8.54. The number of azide groups is 1. The fourth-order valence-corrected chi connectivity index (χ4v) is 0.353. The zero-order valence-electron chi connectivity index (χ0n) is 4.72. The molecule has 0 aliphatic carbocycles. The molecule has 3 N–H and O–H groups in total. The monoisotopic (exact) mass is 161 g/mol. The van der Waals surface area contributed by atoms with Crippen molar-refractivity contribution in [1.82, 2.24) is 15.2 Å². The fraction of sp³-hybridized carbons (Fsp3) is 0. The van der Waals surface area contributed by atoms with Crippen molar-refractivity contribution in [2.45, 2.75) is 0 Å². The number of anilines is 1. The highest BCUT2D eigenvalue weighted by Gasteiger charge is 1.91. The van der Waals surface area contributed by atoms with Gasteiger partial charge >= 0.3 is 0 Å². The first-order valence-electron chi connectivity index (χ1n) is 2.06. The molecule has 0 bridgehead atoms. The van der Waals surface area contributed by atoms with Crippen LogP contribution in [0.3, 0.4) is 0 Å². The summed E-state index contributed by atoms with van der Waals surface area (Å²) in [5.74, 6) is 0.146. The molecule has 0 amide bonds. The van der Waals surface area contributed by atoms with E-state index < -0.39 is 0 Å². The van der Waals surface area contributed by atoms with E-state index in [4.69, 9.17) is 11.3 Å². The van der Waals surface area contributed by atoms with Crippen molar-refractivity contribution in [2.75, 3.05) is 5.73 Å². The van der Waals surface area contributed by atoms with E-state index >= 15 is 0 Å². The molecule has 0 unspecified atom stereocenters. The van der Waals surface area contributed by atoms with Gasteiger partial charge in [0.05, 0.1) is 0 Å². The first-order valence-corrected chi connectivity index (χ1v) is 2.06. The molecule has 7 nitrogen and oxygen atoms in total. The number of nitrogens with two attached hydrogens (primary N) is 1. The van der Waals surface area contributed by atoms with Crippen LogP contribution in [-0.2, 0) is 0 Å². The fourth-order valence-electron chi connectivity index (χ4n) is 0.353. The van der Waals surface area contributed by atoms with Gasteiger partial charge in [0.15, 0.2) is 0 Å². The van der Waals surface area contributed by atoms with Crippen molar-refractivity contribution >= 4 is 24.3 Å². The van der Waals surface area contributed by atoms with Gasteiger partial charge in [0.2, 0.25) is 11.9 Å². The zero-order chi connectivity index (χ0) is 6.69. The van der Waals surface area contributed by atoms with Gasteiger partial charge in [0.25, 0.3) is 0 Å². The van der Waals surface area contributed by atoms with E-state index in [0.29, 0.717) is 0 Å². The van der Waals surface area contributed by atoms with Crippen LogP contribution in [-0.4, -0.2) is 15.2 Å². The minimum Gasteiger partial charge on any atom is -0.367 e. The number of halogens is 1. The third-order valence-corrected chi connectivity index (χ3v) is 0.630. The highest BCUT2D eigenvalue weighted by atomic mass is 35.5. The quantitative estimate of drug-likeness (QED) is 0.360. The van der Waals surface area contributed by atoms with Gasteiger partial charge in [0, 0.05) is 4.91 Å². The smallest absolute Gasteiger partial charge is 0.239 e. The maximum absolute atomic E-state index is 7.86. The second kappa shape index (κ2) is 3.54. The van der Waals surface area contributed by atoms with Gasteiger partial charge in [0.1, 0.15) is 0 Å². The molecule has 1 aromatic heterocycles. The molecule has 0 aromatic carbocycles. The summed E-state index contributed by atoms with van der Waals surface area (Å²) < 4.78 is 0. The SMILES string of the molecule is Cl.[N-]=[N+]=Nc1nc(N)n[nH]1. The van der Waals surface area contributed by atoms with Crippen LogP contribution in [0.4, 0.5) is 11.9 Å². The largest absolute Gasteiger partial charge is 0.367 e. The number of nitrogens with zero attached hydrogens (tertiary/aromatic N) is 5. The predicted octanol–water partition coefficient (Wildman–Crippen LogP) is 0.750. The predicted molar refractivity (Wildman–Crippen MR) is 36.8 cm³/mol. The Morgan fingerprint density at radius 2 is 2.40 bits per heavy atom. The molecule has 0 fully saturated rings. The molecule has 54 valence electrons. The van der Waals surface area contributed by atoms with Crippen LogP contribution in [0.1, 0.15) is 0 Å². The molecular formula is C2H4ClN7. The topological polar surface area (TPSA) is 116 Å². The van der Waals surface area contributed by atoms with Gasteiger partial charge in [-0.1, -0.05) is 0 Å². The van der Waals surface area contributed by atoms with Gasteiger partial charge in [-0.2, -0.15) is 4.98 Å². The van der Waals surface area contributed by atoms with Gasteiger partial charge in [-0.3, -0.25) is 5.10 Å². The minimum absolute atomic E-state index is 0. The number of H-pyrrole nitrogens is 1. The Kier molecular flexibility index (Phi) is 3.03. The molecule has 8 heteroatoms. The van der Waals surface area contributed by atoms with Crippen molar-refractivity contribution in [2.24, 2.45) is 5.11 Å². The second-order valence-corrected chi connectivity index (χ2v) is 1.21. The maximum atomic E-state index is 7.86. The molecule has 1 heterocycles. The molecule has 0 atom stereocenters. The average Bonchev–Trinajstić information content (AvgIpc) is 2.17. The van der Waals surface area contributed by atoms with Crippen LogP contribution >= 0.6 is 12.4 Å². The van der Waals surface area contributed by atoms with Gasteiger partial charge in [-0.25, -0.2) is 0 Å². The molecule has 0 radical (unpaired) electrons. The Hall–Kier alpha value is -1.46. The van der Waals surface area contributed by atoms with E-state index in [1.807, 2.05) is 0 Å². The molecule has 0 saturated carbocycles. The Morgan fingerprint density at radius 3 is 2.80 bits per heavy atom. The summed E-state index contributed by atoms with van der Waals surface area (Å²) in [6, 6.07) is 0. The van der Waals surface area contributed by atoms with E-state index in [-0.39, 0.29) is 24.3 Å². The molecular weight excluding hydrogens is 158 g/mol. The van der Waals surface area contributed by atoms with Crippen molar-refractivity contribution in [1.29, 1.82) is 0 Å². The van der Waals surface area contributed by atoms with E-state index in [1.165, 1.54) is 0 Å². The Balaban J connectivity index is 0.000000810. The number of aromatic amines is 1.